The number of sulfone groups is 1. The zero-order chi connectivity index (χ0) is 18.3. The average Bonchev–Trinajstić information content (AvgIpc) is 2.66. The predicted octanol–water partition coefficient (Wildman–Crippen LogP) is 4.08. The minimum atomic E-state index is -3.47. The Morgan fingerprint density at radius 2 is 1.31 bits per heavy atom. The molecular formula is C22H21NO2S. The Morgan fingerprint density at radius 1 is 0.692 bits per heavy atom. The van der Waals surface area contributed by atoms with E-state index in [2.05, 4.69) is 23.1 Å². The van der Waals surface area contributed by atoms with Gasteiger partial charge in [-0.25, -0.2) is 8.42 Å². The van der Waals surface area contributed by atoms with E-state index in [0.29, 0.717) is 9.79 Å². The van der Waals surface area contributed by atoms with Gasteiger partial charge < -0.3 is 4.90 Å². The van der Waals surface area contributed by atoms with Crippen molar-refractivity contribution in [3.05, 3.63) is 89.0 Å². The second kappa shape index (κ2) is 6.29. The van der Waals surface area contributed by atoms with E-state index in [0.717, 1.165) is 18.4 Å². The first-order valence-electron chi connectivity index (χ1n) is 8.66. The van der Waals surface area contributed by atoms with Crippen molar-refractivity contribution in [3.63, 3.8) is 0 Å². The second-order valence-electron chi connectivity index (χ2n) is 6.95. The third kappa shape index (κ3) is 2.90. The number of benzene rings is 3. The van der Waals surface area contributed by atoms with E-state index in [1.165, 1.54) is 22.4 Å². The molecule has 0 atom stereocenters. The van der Waals surface area contributed by atoms with Gasteiger partial charge >= 0.3 is 0 Å². The summed E-state index contributed by atoms with van der Waals surface area (Å²) in [6, 6.07) is 20.7. The number of rotatable bonds is 3. The van der Waals surface area contributed by atoms with Crippen LogP contribution < -0.4 is 4.90 Å². The van der Waals surface area contributed by atoms with Gasteiger partial charge in [-0.1, -0.05) is 30.3 Å². The molecule has 0 fully saturated rings. The maximum atomic E-state index is 12.9. The van der Waals surface area contributed by atoms with Crippen LogP contribution in [0.25, 0.3) is 0 Å². The Kier molecular flexibility index (Phi) is 4.08. The fraction of sp³-hybridized carbons (Fsp3) is 0.182. The molecular weight excluding hydrogens is 342 g/mol. The molecule has 1 aliphatic carbocycles. The van der Waals surface area contributed by atoms with E-state index < -0.39 is 9.84 Å². The van der Waals surface area contributed by atoms with Crippen LogP contribution in [0.1, 0.15) is 22.3 Å². The van der Waals surface area contributed by atoms with Crippen LogP contribution >= 0.6 is 0 Å². The first kappa shape index (κ1) is 16.9. The molecule has 4 rings (SSSR count). The Bertz CT molecular complexity index is 1070. The molecule has 0 aromatic heterocycles. The van der Waals surface area contributed by atoms with Gasteiger partial charge in [0.2, 0.25) is 9.84 Å². The monoisotopic (exact) mass is 363 g/mol. The average molecular weight is 363 g/mol. The van der Waals surface area contributed by atoms with Gasteiger partial charge in [-0.3, -0.25) is 0 Å². The summed E-state index contributed by atoms with van der Waals surface area (Å²) in [6.45, 7) is 0. The van der Waals surface area contributed by atoms with Crippen molar-refractivity contribution in [3.8, 4) is 0 Å². The quantitative estimate of drug-likeness (QED) is 0.550. The third-order valence-electron chi connectivity index (χ3n) is 5.01. The number of hydrogen-bond donors (Lipinski definition) is 0. The maximum Gasteiger partial charge on any atom is 0.206 e. The molecule has 3 aromatic carbocycles. The molecule has 0 spiro atoms. The number of anilines is 1. The Morgan fingerprint density at radius 3 is 1.96 bits per heavy atom. The molecule has 0 unspecified atom stereocenters. The number of fused-ring (bicyclic) bond motifs is 2. The topological polar surface area (TPSA) is 37.4 Å². The van der Waals surface area contributed by atoms with E-state index in [1.54, 1.807) is 30.3 Å². The van der Waals surface area contributed by atoms with Crippen LogP contribution in [-0.2, 0) is 22.7 Å². The molecule has 0 bridgehead atoms. The molecule has 0 saturated carbocycles. The zero-order valence-electron chi connectivity index (χ0n) is 14.9. The molecule has 0 amide bonds. The third-order valence-corrected chi connectivity index (χ3v) is 6.78. The fourth-order valence-electron chi connectivity index (χ4n) is 3.48. The number of hydrogen-bond acceptors (Lipinski definition) is 3. The second-order valence-corrected chi connectivity index (χ2v) is 8.90. The summed E-state index contributed by atoms with van der Waals surface area (Å²) < 4.78 is 25.8. The van der Waals surface area contributed by atoms with Crippen LogP contribution in [0.2, 0.25) is 0 Å². The van der Waals surface area contributed by atoms with Crippen molar-refractivity contribution in [2.45, 2.75) is 22.6 Å². The van der Waals surface area contributed by atoms with Crippen molar-refractivity contribution in [1.29, 1.82) is 0 Å². The summed E-state index contributed by atoms with van der Waals surface area (Å²) >= 11 is 0. The van der Waals surface area contributed by atoms with Gasteiger partial charge in [0, 0.05) is 19.8 Å². The van der Waals surface area contributed by atoms with Crippen molar-refractivity contribution in [2.75, 3.05) is 19.0 Å². The van der Waals surface area contributed by atoms with E-state index in [-0.39, 0.29) is 0 Å². The Labute approximate surface area is 154 Å². The van der Waals surface area contributed by atoms with E-state index in [1.807, 2.05) is 32.3 Å². The molecule has 0 heterocycles. The first-order chi connectivity index (χ1) is 12.4. The first-order valence-corrected chi connectivity index (χ1v) is 10.1. The molecule has 3 aromatic rings. The van der Waals surface area contributed by atoms with Crippen LogP contribution in [0, 0.1) is 0 Å². The Balaban J connectivity index is 1.72. The van der Waals surface area contributed by atoms with Crippen molar-refractivity contribution in [1.82, 2.24) is 0 Å². The van der Waals surface area contributed by atoms with Crippen molar-refractivity contribution in [2.24, 2.45) is 0 Å². The summed E-state index contributed by atoms with van der Waals surface area (Å²) in [6.07, 6.45) is 1.62. The SMILES string of the molecule is CN(C)c1ccc2c(c1)Cc1ccc(S(=O)(=O)c3ccccc3)cc1C2. The van der Waals surface area contributed by atoms with Crippen LogP contribution in [0.4, 0.5) is 5.69 Å². The van der Waals surface area contributed by atoms with Gasteiger partial charge in [-0.15, -0.1) is 0 Å². The molecule has 4 heteroatoms. The van der Waals surface area contributed by atoms with Crippen LogP contribution in [0.3, 0.4) is 0 Å². The summed E-state index contributed by atoms with van der Waals surface area (Å²) in [7, 11) is 0.607. The van der Waals surface area contributed by atoms with E-state index in [4.69, 9.17) is 0 Å². The molecule has 132 valence electrons. The standard InChI is InChI=1S/C22H21NO2S/c1-23(2)20-10-8-16-13-19-15-22(11-9-17(19)12-18(16)14-20)26(24,25)21-6-4-3-5-7-21/h3-11,14-15H,12-13H2,1-2H3. The predicted molar refractivity (Wildman–Crippen MR) is 105 cm³/mol. The summed E-state index contributed by atoms with van der Waals surface area (Å²) in [4.78, 5) is 2.81. The van der Waals surface area contributed by atoms with Crippen molar-refractivity contribution < 1.29 is 8.42 Å². The summed E-state index contributed by atoms with van der Waals surface area (Å²) in [5, 5.41) is 0. The molecule has 0 radical (unpaired) electrons. The maximum absolute atomic E-state index is 12.9. The largest absolute Gasteiger partial charge is 0.378 e. The van der Waals surface area contributed by atoms with Gasteiger partial charge in [0.1, 0.15) is 0 Å². The van der Waals surface area contributed by atoms with Crippen LogP contribution in [0.5, 0.6) is 0 Å². The van der Waals surface area contributed by atoms with Gasteiger partial charge in [0.05, 0.1) is 9.79 Å². The van der Waals surface area contributed by atoms with Gasteiger partial charge in [0.15, 0.2) is 0 Å². The van der Waals surface area contributed by atoms with Gasteiger partial charge in [-0.05, 0) is 71.5 Å². The normalized spacial score (nSPS) is 13.0. The zero-order valence-corrected chi connectivity index (χ0v) is 15.8. The molecule has 26 heavy (non-hydrogen) atoms. The highest BCUT2D eigenvalue weighted by Crippen LogP contribution is 2.32. The minimum Gasteiger partial charge on any atom is -0.378 e. The molecule has 3 nitrogen and oxygen atoms in total. The van der Waals surface area contributed by atoms with Crippen LogP contribution in [-0.4, -0.2) is 22.5 Å². The molecule has 1 aliphatic rings. The lowest BCUT2D eigenvalue weighted by molar-refractivity contribution is 0.596. The molecule has 0 aliphatic heterocycles. The Hall–Kier alpha value is -2.59. The highest BCUT2D eigenvalue weighted by Gasteiger charge is 2.21. The van der Waals surface area contributed by atoms with E-state index in [9.17, 15) is 8.42 Å². The van der Waals surface area contributed by atoms with Gasteiger partial charge in [-0.2, -0.15) is 0 Å². The fourth-order valence-corrected chi connectivity index (χ4v) is 4.81. The highest BCUT2D eigenvalue weighted by atomic mass is 32.2. The molecule has 0 N–H and O–H groups in total. The lowest BCUT2D eigenvalue weighted by Gasteiger charge is -2.23. The van der Waals surface area contributed by atoms with Crippen molar-refractivity contribution >= 4 is 15.5 Å². The van der Waals surface area contributed by atoms with Gasteiger partial charge in [0.25, 0.3) is 0 Å². The summed E-state index contributed by atoms with van der Waals surface area (Å²) in [5.74, 6) is 0. The van der Waals surface area contributed by atoms with E-state index >= 15 is 0 Å². The number of nitrogens with zero attached hydrogens (tertiary/aromatic N) is 1. The smallest absolute Gasteiger partial charge is 0.206 e. The molecule has 0 saturated heterocycles. The lowest BCUT2D eigenvalue weighted by Crippen LogP contribution is -2.13. The minimum absolute atomic E-state index is 0.340. The lowest BCUT2D eigenvalue weighted by atomic mass is 9.86. The van der Waals surface area contributed by atoms with Crippen LogP contribution in [0.15, 0.2) is 76.5 Å². The highest BCUT2D eigenvalue weighted by molar-refractivity contribution is 7.91. The summed E-state index contributed by atoms with van der Waals surface area (Å²) in [5.41, 5.74) is 6.10.